The predicted octanol–water partition coefficient (Wildman–Crippen LogP) is 6.38. The molecule has 222 valence electrons. The third-order valence-electron chi connectivity index (χ3n) is 6.61. The maximum atomic E-state index is 13.3. The van der Waals surface area contributed by atoms with Crippen LogP contribution in [0.5, 0.6) is 0 Å². The van der Waals surface area contributed by atoms with Crippen molar-refractivity contribution >= 4 is 38.7 Å². The summed E-state index contributed by atoms with van der Waals surface area (Å²) < 4.78 is 33.2. The molecule has 0 spiro atoms. The van der Waals surface area contributed by atoms with Crippen LogP contribution < -0.4 is 10.6 Å². The van der Waals surface area contributed by atoms with Crippen LogP contribution in [0.1, 0.15) is 53.5 Å². The number of ether oxygens (including phenoxy) is 1. The summed E-state index contributed by atoms with van der Waals surface area (Å²) in [6, 6.07) is 16.7. The number of carbonyl (C=O) groups is 2. The van der Waals surface area contributed by atoms with Crippen molar-refractivity contribution in [2.45, 2.75) is 70.9 Å². The molecular formula is C32H38N4O5S. The van der Waals surface area contributed by atoms with Gasteiger partial charge in [0.2, 0.25) is 5.91 Å². The lowest BCUT2D eigenvalue weighted by Crippen LogP contribution is -2.46. The molecule has 2 N–H and O–H groups in total. The van der Waals surface area contributed by atoms with E-state index in [1.165, 1.54) is 10.2 Å². The molecule has 0 bridgehead atoms. The van der Waals surface area contributed by atoms with Gasteiger partial charge in [-0.05, 0) is 92.6 Å². The van der Waals surface area contributed by atoms with Crippen LogP contribution in [0.25, 0.3) is 22.2 Å². The first-order valence-corrected chi connectivity index (χ1v) is 15.4. The van der Waals surface area contributed by atoms with Gasteiger partial charge >= 0.3 is 6.09 Å². The second-order valence-electron chi connectivity index (χ2n) is 11.6. The molecule has 0 radical (unpaired) electrons. The quantitative estimate of drug-likeness (QED) is 0.233. The summed E-state index contributed by atoms with van der Waals surface area (Å²) >= 11 is 0. The Kier molecular flexibility index (Phi) is 9.06. The van der Waals surface area contributed by atoms with Crippen LogP contribution in [-0.4, -0.2) is 41.0 Å². The lowest BCUT2D eigenvalue weighted by atomic mass is 9.96. The van der Waals surface area contributed by atoms with Crippen LogP contribution in [0.2, 0.25) is 0 Å². The first kappa shape index (κ1) is 30.8. The second kappa shape index (κ2) is 12.4. The number of aryl methyl sites for hydroxylation is 1. The molecule has 0 aliphatic heterocycles. The van der Waals surface area contributed by atoms with Crippen LogP contribution >= 0.6 is 0 Å². The van der Waals surface area contributed by atoms with Crippen molar-refractivity contribution < 1.29 is 22.7 Å². The van der Waals surface area contributed by atoms with E-state index in [2.05, 4.69) is 15.6 Å². The van der Waals surface area contributed by atoms with E-state index in [0.29, 0.717) is 29.6 Å². The van der Waals surface area contributed by atoms with E-state index in [9.17, 15) is 18.0 Å². The molecule has 0 saturated heterocycles. The Bertz CT molecular complexity index is 1690. The molecule has 1 atom stereocenters. The number of alkyl carbamates (subject to hydrolysis) is 1. The zero-order chi connectivity index (χ0) is 30.7. The fourth-order valence-electron chi connectivity index (χ4n) is 4.76. The van der Waals surface area contributed by atoms with Gasteiger partial charge in [0.25, 0.3) is 10.0 Å². The zero-order valence-electron chi connectivity index (χ0n) is 24.8. The SMILES string of the molecule is CCc1cc(NC(=O)[C@@H](CC(C)C)NC(=O)OC(C)(C)C)ccc1-c1ccnc2c1ccn2S(=O)(=O)c1ccccc1. The summed E-state index contributed by atoms with van der Waals surface area (Å²) in [6.07, 6.45) is 3.59. The first-order chi connectivity index (χ1) is 19.8. The smallest absolute Gasteiger partial charge is 0.408 e. The maximum absolute atomic E-state index is 13.3. The summed E-state index contributed by atoms with van der Waals surface area (Å²) in [5.74, 6) is -0.171. The fourth-order valence-corrected chi connectivity index (χ4v) is 6.08. The molecule has 0 unspecified atom stereocenters. The number of nitrogens with zero attached hydrogens (tertiary/aromatic N) is 2. The molecule has 0 saturated carbocycles. The van der Waals surface area contributed by atoms with Gasteiger partial charge in [0.05, 0.1) is 4.90 Å². The van der Waals surface area contributed by atoms with Gasteiger partial charge in [0.1, 0.15) is 11.6 Å². The van der Waals surface area contributed by atoms with Crippen LogP contribution in [0.3, 0.4) is 0 Å². The lowest BCUT2D eigenvalue weighted by molar-refractivity contribution is -0.118. The Morgan fingerprint density at radius 1 is 1.00 bits per heavy atom. The second-order valence-corrected chi connectivity index (χ2v) is 13.4. The molecule has 9 nitrogen and oxygen atoms in total. The highest BCUT2D eigenvalue weighted by Gasteiger charge is 2.26. The van der Waals surface area contributed by atoms with Gasteiger partial charge in [-0.1, -0.05) is 45.0 Å². The minimum atomic E-state index is -3.83. The summed E-state index contributed by atoms with van der Waals surface area (Å²) in [6.45, 7) is 11.3. The number of carbonyl (C=O) groups excluding carboxylic acids is 2. The molecule has 42 heavy (non-hydrogen) atoms. The van der Waals surface area contributed by atoms with Gasteiger partial charge in [-0.15, -0.1) is 0 Å². The molecule has 2 heterocycles. The van der Waals surface area contributed by atoms with Crippen molar-refractivity contribution in [3.63, 3.8) is 0 Å². The highest BCUT2D eigenvalue weighted by Crippen LogP contribution is 2.33. The zero-order valence-corrected chi connectivity index (χ0v) is 25.7. The minimum absolute atomic E-state index is 0.163. The van der Waals surface area contributed by atoms with Crippen molar-refractivity contribution in [2.24, 2.45) is 5.92 Å². The number of hydrogen-bond donors (Lipinski definition) is 2. The largest absolute Gasteiger partial charge is 0.444 e. The number of pyridine rings is 1. The number of nitrogens with one attached hydrogen (secondary N) is 2. The lowest BCUT2D eigenvalue weighted by Gasteiger charge is -2.24. The molecule has 4 rings (SSSR count). The van der Waals surface area contributed by atoms with Crippen LogP contribution in [0, 0.1) is 5.92 Å². The Hall–Kier alpha value is -4.18. The number of benzene rings is 2. The van der Waals surface area contributed by atoms with Crippen LogP contribution in [0.4, 0.5) is 10.5 Å². The number of aromatic nitrogens is 2. The molecule has 0 aliphatic rings. The van der Waals surface area contributed by atoms with Crippen molar-refractivity contribution in [1.29, 1.82) is 0 Å². The molecule has 2 amide bonds. The summed E-state index contributed by atoms with van der Waals surface area (Å²) in [7, 11) is -3.83. The van der Waals surface area contributed by atoms with Crippen molar-refractivity contribution in [3.05, 3.63) is 78.6 Å². The first-order valence-electron chi connectivity index (χ1n) is 14.0. The van der Waals surface area contributed by atoms with E-state index in [4.69, 9.17) is 4.74 Å². The van der Waals surface area contributed by atoms with Crippen LogP contribution in [0.15, 0.2) is 78.0 Å². The van der Waals surface area contributed by atoms with Gasteiger partial charge in [-0.3, -0.25) is 4.79 Å². The molecule has 0 aliphatic carbocycles. The van der Waals surface area contributed by atoms with Gasteiger partial charge in [-0.25, -0.2) is 22.2 Å². The highest BCUT2D eigenvalue weighted by molar-refractivity contribution is 7.90. The van der Waals surface area contributed by atoms with Gasteiger partial charge in [-0.2, -0.15) is 0 Å². The van der Waals surface area contributed by atoms with Gasteiger partial charge in [0, 0.05) is 23.5 Å². The normalized spacial score (nSPS) is 12.7. The predicted molar refractivity (Wildman–Crippen MR) is 165 cm³/mol. The van der Waals surface area contributed by atoms with E-state index in [1.807, 2.05) is 39.0 Å². The van der Waals surface area contributed by atoms with Gasteiger partial charge < -0.3 is 15.4 Å². The average Bonchev–Trinajstić information content (AvgIpc) is 3.37. The molecular weight excluding hydrogens is 552 g/mol. The highest BCUT2D eigenvalue weighted by atomic mass is 32.2. The maximum Gasteiger partial charge on any atom is 0.408 e. The minimum Gasteiger partial charge on any atom is -0.444 e. The van der Waals surface area contributed by atoms with Crippen LogP contribution in [-0.2, 0) is 26.0 Å². The van der Waals surface area contributed by atoms with E-state index in [-0.39, 0.29) is 16.7 Å². The van der Waals surface area contributed by atoms with E-state index in [0.717, 1.165) is 16.7 Å². The molecule has 10 heteroatoms. The van der Waals surface area contributed by atoms with Crippen molar-refractivity contribution in [2.75, 3.05) is 5.32 Å². The summed E-state index contributed by atoms with van der Waals surface area (Å²) in [5.41, 5.74) is 2.94. The Morgan fingerprint density at radius 3 is 2.36 bits per heavy atom. The molecule has 2 aromatic carbocycles. The number of hydrogen-bond acceptors (Lipinski definition) is 6. The average molecular weight is 591 g/mol. The number of fused-ring (bicyclic) bond motifs is 1. The topological polar surface area (TPSA) is 119 Å². The Labute approximate surface area is 247 Å². The monoisotopic (exact) mass is 590 g/mol. The third-order valence-corrected chi connectivity index (χ3v) is 8.29. The van der Waals surface area contributed by atoms with E-state index in [1.54, 1.807) is 69.4 Å². The Morgan fingerprint density at radius 2 is 1.71 bits per heavy atom. The van der Waals surface area contributed by atoms with Crippen molar-refractivity contribution in [3.8, 4) is 11.1 Å². The molecule has 2 aromatic heterocycles. The third kappa shape index (κ3) is 6.99. The number of anilines is 1. The summed E-state index contributed by atoms with van der Waals surface area (Å²) in [5, 5.41) is 6.35. The molecule has 0 fully saturated rings. The van der Waals surface area contributed by atoms with E-state index >= 15 is 0 Å². The number of rotatable bonds is 9. The molecule has 4 aromatic rings. The van der Waals surface area contributed by atoms with Crippen molar-refractivity contribution in [1.82, 2.24) is 14.3 Å². The summed E-state index contributed by atoms with van der Waals surface area (Å²) in [4.78, 5) is 30.2. The van der Waals surface area contributed by atoms with Gasteiger partial charge in [0.15, 0.2) is 5.65 Å². The standard InChI is InChI=1S/C32H38N4O5S/c1-7-22-20-23(34-30(37)28(19-21(2)3)35-31(38)41-32(4,5)6)13-14-25(22)26-15-17-33-29-27(26)16-18-36(29)42(39,40)24-11-9-8-10-12-24/h8-18,20-21,28H,7,19H2,1-6H3,(H,34,37)(H,35,38)/t28-/m1/s1. The number of amides is 2. The fraction of sp³-hybridized carbons (Fsp3) is 0.344. The van der Waals surface area contributed by atoms with E-state index < -0.39 is 27.8 Å². The Balaban J connectivity index is 1.63.